The number of aryl methyl sites for hydroxylation is 2. The first-order valence-electron chi connectivity index (χ1n) is 7.68. The highest BCUT2D eigenvalue weighted by Gasteiger charge is 2.23. The topological polar surface area (TPSA) is 99.2 Å². The van der Waals surface area contributed by atoms with Gasteiger partial charge in [0.1, 0.15) is 23.2 Å². The average molecular weight is 370 g/mol. The van der Waals surface area contributed by atoms with E-state index in [1.807, 2.05) is 12.1 Å². The van der Waals surface area contributed by atoms with Gasteiger partial charge in [-0.15, -0.1) is 0 Å². The van der Waals surface area contributed by atoms with Gasteiger partial charge < -0.3 is 13.7 Å². The Balaban J connectivity index is 1.75. The van der Waals surface area contributed by atoms with E-state index in [9.17, 15) is 9.59 Å². The standard InChI is InChI=1S/C17H14N4O4S/c1-8-12(13-15(25-8)18-7-21(2)16(13)23)14(22)20-17-19-10-5-4-9(24-3)6-11(10)26-17/h4-7H,1-3H3,(H,19,20,22). The summed E-state index contributed by atoms with van der Waals surface area (Å²) in [4.78, 5) is 33.6. The molecule has 9 heteroatoms. The Kier molecular flexibility index (Phi) is 3.73. The number of rotatable bonds is 3. The van der Waals surface area contributed by atoms with Crippen molar-refractivity contribution in [1.29, 1.82) is 0 Å². The van der Waals surface area contributed by atoms with Crippen LogP contribution in [0.2, 0.25) is 0 Å². The number of ether oxygens (including phenoxy) is 1. The van der Waals surface area contributed by atoms with E-state index < -0.39 is 5.91 Å². The van der Waals surface area contributed by atoms with Gasteiger partial charge >= 0.3 is 0 Å². The minimum atomic E-state index is -0.461. The number of benzene rings is 1. The largest absolute Gasteiger partial charge is 0.497 e. The summed E-state index contributed by atoms with van der Waals surface area (Å²) in [6, 6.07) is 5.47. The molecule has 26 heavy (non-hydrogen) atoms. The Hall–Kier alpha value is -3.20. The molecule has 0 aliphatic carbocycles. The summed E-state index contributed by atoms with van der Waals surface area (Å²) in [6.07, 6.45) is 1.36. The Bertz CT molecular complexity index is 1220. The quantitative estimate of drug-likeness (QED) is 0.595. The third-order valence-electron chi connectivity index (χ3n) is 3.99. The second-order valence-corrected chi connectivity index (χ2v) is 6.71. The van der Waals surface area contributed by atoms with Gasteiger partial charge in [0.15, 0.2) is 5.13 Å². The van der Waals surface area contributed by atoms with Crippen molar-refractivity contribution in [3.05, 3.63) is 46.2 Å². The summed E-state index contributed by atoms with van der Waals surface area (Å²) in [5.41, 5.74) is 0.721. The predicted molar refractivity (Wildman–Crippen MR) is 98.1 cm³/mol. The van der Waals surface area contributed by atoms with Crippen molar-refractivity contribution in [2.45, 2.75) is 6.92 Å². The number of hydrogen-bond acceptors (Lipinski definition) is 7. The lowest BCUT2D eigenvalue weighted by Crippen LogP contribution is -2.20. The highest BCUT2D eigenvalue weighted by molar-refractivity contribution is 7.22. The number of anilines is 1. The number of methoxy groups -OCH3 is 1. The Morgan fingerprint density at radius 1 is 1.38 bits per heavy atom. The van der Waals surface area contributed by atoms with Gasteiger partial charge in [-0.1, -0.05) is 11.3 Å². The van der Waals surface area contributed by atoms with Gasteiger partial charge in [0, 0.05) is 7.05 Å². The molecule has 132 valence electrons. The van der Waals surface area contributed by atoms with Crippen LogP contribution in [0, 0.1) is 6.92 Å². The number of amides is 1. The van der Waals surface area contributed by atoms with E-state index in [0.29, 0.717) is 16.6 Å². The molecule has 1 N–H and O–H groups in total. The molecule has 4 rings (SSSR count). The van der Waals surface area contributed by atoms with Gasteiger partial charge in [-0.2, -0.15) is 0 Å². The van der Waals surface area contributed by atoms with Crippen LogP contribution in [-0.2, 0) is 7.05 Å². The van der Waals surface area contributed by atoms with E-state index in [0.717, 1.165) is 10.2 Å². The predicted octanol–water partition coefficient (Wildman–Crippen LogP) is 2.71. The van der Waals surface area contributed by atoms with Gasteiger partial charge in [-0.3, -0.25) is 14.9 Å². The van der Waals surface area contributed by atoms with Crippen LogP contribution < -0.4 is 15.6 Å². The third-order valence-corrected chi connectivity index (χ3v) is 4.92. The Labute approximate surface area is 151 Å². The van der Waals surface area contributed by atoms with E-state index in [4.69, 9.17) is 9.15 Å². The second kappa shape index (κ2) is 5.95. The zero-order chi connectivity index (χ0) is 18.4. The number of thiazole rings is 1. The van der Waals surface area contributed by atoms with E-state index in [1.165, 1.54) is 22.2 Å². The zero-order valence-electron chi connectivity index (χ0n) is 14.2. The van der Waals surface area contributed by atoms with E-state index in [2.05, 4.69) is 15.3 Å². The molecule has 4 aromatic rings. The molecule has 0 saturated carbocycles. The first-order valence-corrected chi connectivity index (χ1v) is 8.50. The van der Waals surface area contributed by atoms with Gasteiger partial charge in [0.05, 0.1) is 22.9 Å². The fourth-order valence-electron chi connectivity index (χ4n) is 2.71. The molecule has 0 aliphatic rings. The molecule has 0 atom stereocenters. The van der Waals surface area contributed by atoms with Crippen LogP contribution in [0.1, 0.15) is 16.1 Å². The van der Waals surface area contributed by atoms with Crippen LogP contribution in [0.5, 0.6) is 5.75 Å². The number of furan rings is 1. The van der Waals surface area contributed by atoms with Crippen molar-refractivity contribution >= 4 is 43.7 Å². The Morgan fingerprint density at radius 2 is 2.19 bits per heavy atom. The number of hydrogen-bond donors (Lipinski definition) is 1. The third kappa shape index (κ3) is 2.53. The van der Waals surface area contributed by atoms with Gasteiger partial charge in [0.2, 0.25) is 5.71 Å². The molecule has 3 heterocycles. The maximum absolute atomic E-state index is 12.8. The van der Waals surface area contributed by atoms with Crippen molar-refractivity contribution in [2.24, 2.45) is 7.05 Å². The molecule has 0 fully saturated rings. The van der Waals surface area contributed by atoms with E-state index in [1.54, 1.807) is 27.1 Å². The summed E-state index contributed by atoms with van der Waals surface area (Å²) in [5, 5.41) is 3.33. The minimum absolute atomic E-state index is 0.143. The number of fused-ring (bicyclic) bond motifs is 2. The molecule has 1 amide bonds. The van der Waals surface area contributed by atoms with Crippen LogP contribution in [0.15, 0.2) is 33.7 Å². The first-order chi connectivity index (χ1) is 12.5. The van der Waals surface area contributed by atoms with E-state index >= 15 is 0 Å². The van der Waals surface area contributed by atoms with Crippen LogP contribution in [0.3, 0.4) is 0 Å². The second-order valence-electron chi connectivity index (χ2n) is 5.68. The summed E-state index contributed by atoms with van der Waals surface area (Å²) in [6.45, 7) is 1.62. The van der Waals surface area contributed by atoms with Gasteiger partial charge in [-0.05, 0) is 25.1 Å². The number of carbonyl (C=O) groups is 1. The molecule has 0 unspecified atom stereocenters. The maximum Gasteiger partial charge on any atom is 0.265 e. The number of nitrogens with one attached hydrogen (secondary N) is 1. The number of carbonyl (C=O) groups excluding carboxylic acids is 1. The fraction of sp³-hybridized carbons (Fsp3) is 0.176. The maximum atomic E-state index is 12.8. The molecule has 0 radical (unpaired) electrons. The van der Waals surface area contributed by atoms with Crippen molar-refractivity contribution in [2.75, 3.05) is 12.4 Å². The van der Waals surface area contributed by atoms with Crippen molar-refractivity contribution in [1.82, 2.24) is 14.5 Å². The molecule has 0 bridgehead atoms. The van der Waals surface area contributed by atoms with Crippen LogP contribution in [0.25, 0.3) is 21.3 Å². The molecule has 0 aliphatic heterocycles. The van der Waals surface area contributed by atoms with Crippen molar-refractivity contribution in [3.8, 4) is 5.75 Å². The number of aromatic nitrogens is 3. The highest BCUT2D eigenvalue weighted by atomic mass is 32.1. The normalized spacial score (nSPS) is 11.2. The monoisotopic (exact) mass is 370 g/mol. The molecular formula is C17H14N4O4S. The lowest BCUT2D eigenvalue weighted by molar-refractivity contribution is 0.102. The first kappa shape index (κ1) is 16.3. The Morgan fingerprint density at radius 3 is 2.96 bits per heavy atom. The number of nitrogens with zero attached hydrogens (tertiary/aromatic N) is 3. The smallest absolute Gasteiger partial charge is 0.265 e. The molecule has 1 aromatic carbocycles. The summed E-state index contributed by atoms with van der Waals surface area (Å²) < 4.78 is 12.8. The van der Waals surface area contributed by atoms with Gasteiger partial charge in [-0.25, -0.2) is 9.97 Å². The van der Waals surface area contributed by atoms with Gasteiger partial charge in [0.25, 0.3) is 11.5 Å². The zero-order valence-corrected chi connectivity index (χ0v) is 15.0. The summed E-state index contributed by atoms with van der Waals surface area (Å²) in [5.74, 6) is 0.582. The lowest BCUT2D eigenvalue weighted by Gasteiger charge is -2.01. The average Bonchev–Trinajstić information content (AvgIpc) is 3.17. The molecule has 0 spiro atoms. The lowest BCUT2D eigenvalue weighted by atomic mass is 10.2. The van der Waals surface area contributed by atoms with Crippen molar-refractivity contribution < 1.29 is 13.9 Å². The summed E-state index contributed by atoms with van der Waals surface area (Å²) >= 11 is 1.32. The van der Waals surface area contributed by atoms with E-state index in [-0.39, 0.29) is 22.2 Å². The minimum Gasteiger partial charge on any atom is -0.497 e. The van der Waals surface area contributed by atoms with Crippen LogP contribution >= 0.6 is 11.3 Å². The SMILES string of the molecule is COc1ccc2nc(NC(=O)c3c(C)oc4ncn(C)c(=O)c34)sc2c1. The van der Waals surface area contributed by atoms with Crippen LogP contribution in [0.4, 0.5) is 5.13 Å². The van der Waals surface area contributed by atoms with Crippen LogP contribution in [-0.4, -0.2) is 27.6 Å². The van der Waals surface area contributed by atoms with Crippen molar-refractivity contribution in [3.63, 3.8) is 0 Å². The fourth-order valence-corrected chi connectivity index (χ4v) is 3.59. The molecule has 3 aromatic heterocycles. The molecular weight excluding hydrogens is 356 g/mol. The highest BCUT2D eigenvalue weighted by Crippen LogP contribution is 2.30. The molecule has 0 saturated heterocycles. The summed E-state index contributed by atoms with van der Waals surface area (Å²) in [7, 11) is 3.16. The molecule has 8 nitrogen and oxygen atoms in total.